The molecule has 42 heavy (non-hydrogen) atoms. The maximum atomic E-state index is 4.79. The summed E-state index contributed by atoms with van der Waals surface area (Å²) < 4.78 is 0. The molecule has 0 aliphatic heterocycles. The third-order valence-electron chi connectivity index (χ3n) is 6.93. The third-order valence-corrected chi connectivity index (χ3v) is 6.93. The number of hydrogen-bond donors (Lipinski definition) is 0. The molecule has 7 aromatic rings. The Labute approximate surface area is 243 Å². The molecule has 0 radical (unpaired) electrons. The number of aromatic nitrogens is 6. The normalized spacial score (nSPS) is 10.9. The predicted molar refractivity (Wildman–Crippen MR) is 166 cm³/mol. The fourth-order valence-corrected chi connectivity index (χ4v) is 4.70. The van der Waals surface area contributed by atoms with E-state index >= 15 is 0 Å². The number of rotatable bonds is 6. The summed E-state index contributed by atoms with van der Waals surface area (Å²) in [6, 6.07) is 42.3. The highest BCUT2D eigenvalue weighted by molar-refractivity contribution is 5.69. The minimum absolute atomic E-state index is 0.456. The second-order valence-electron chi connectivity index (χ2n) is 9.70. The summed E-state index contributed by atoms with van der Waals surface area (Å²) in [5.74, 6) is 1.37. The van der Waals surface area contributed by atoms with Crippen LogP contribution in [-0.2, 0) is 0 Å². The van der Waals surface area contributed by atoms with E-state index in [4.69, 9.17) is 29.9 Å². The van der Waals surface area contributed by atoms with Gasteiger partial charge in [-0.3, -0.25) is 15.0 Å². The van der Waals surface area contributed by atoms with Gasteiger partial charge in [-0.1, -0.05) is 109 Å². The van der Waals surface area contributed by atoms with E-state index in [9.17, 15) is 0 Å². The van der Waals surface area contributed by atoms with Crippen molar-refractivity contribution in [2.24, 2.45) is 0 Å². The highest BCUT2D eigenvalue weighted by atomic mass is 15.1. The number of nitrogens with zero attached hydrogens (tertiary/aromatic N) is 6. The van der Waals surface area contributed by atoms with Crippen LogP contribution in [0.2, 0.25) is 0 Å². The van der Waals surface area contributed by atoms with Crippen molar-refractivity contribution in [2.75, 3.05) is 0 Å². The highest BCUT2D eigenvalue weighted by Crippen LogP contribution is 2.27. The van der Waals surface area contributed by atoms with Crippen LogP contribution in [0.3, 0.4) is 0 Å². The Balaban J connectivity index is 1.29. The first-order chi connectivity index (χ1) is 20.8. The maximum Gasteiger partial charge on any atom is 0.182 e. The lowest BCUT2D eigenvalue weighted by Crippen LogP contribution is -2.03. The van der Waals surface area contributed by atoms with Gasteiger partial charge in [0.2, 0.25) is 0 Å². The summed E-state index contributed by atoms with van der Waals surface area (Å²) in [5.41, 5.74) is 8.27. The highest BCUT2D eigenvalue weighted by Gasteiger charge is 2.15. The first-order valence-corrected chi connectivity index (χ1v) is 13.6. The second-order valence-corrected chi connectivity index (χ2v) is 9.70. The Morgan fingerprint density at radius 3 is 0.786 bits per heavy atom. The summed E-state index contributed by atoms with van der Waals surface area (Å²) >= 11 is 0. The van der Waals surface area contributed by atoms with E-state index in [2.05, 4.69) is 36.4 Å². The van der Waals surface area contributed by atoms with Crippen LogP contribution in [0.15, 0.2) is 146 Å². The molecule has 0 saturated heterocycles. The molecular weight excluding hydrogens is 516 g/mol. The van der Waals surface area contributed by atoms with Crippen molar-refractivity contribution in [3.63, 3.8) is 0 Å². The Morgan fingerprint density at radius 2 is 0.548 bits per heavy atom. The van der Waals surface area contributed by atoms with E-state index in [0.29, 0.717) is 34.6 Å². The second kappa shape index (κ2) is 11.3. The lowest BCUT2D eigenvalue weighted by Gasteiger charge is -2.09. The molecule has 0 atom stereocenters. The van der Waals surface area contributed by atoms with Crippen molar-refractivity contribution in [3.05, 3.63) is 146 Å². The Morgan fingerprint density at radius 1 is 0.262 bits per heavy atom. The van der Waals surface area contributed by atoms with Gasteiger partial charge in [0, 0.05) is 35.3 Å². The van der Waals surface area contributed by atoms with Gasteiger partial charge in [-0.15, -0.1) is 0 Å². The fourth-order valence-electron chi connectivity index (χ4n) is 4.70. The van der Waals surface area contributed by atoms with Crippen LogP contribution in [0.5, 0.6) is 0 Å². The molecule has 4 heterocycles. The quantitative estimate of drug-likeness (QED) is 0.212. The molecule has 4 aromatic heterocycles. The van der Waals surface area contributed by atoms with Crippen molar-refractivity contribution in [2.45, 2.75) is 0 Å². The first kappa shape index (κ1) is 25.1. The minimum atomic E-state index is 0.456. The molecule has 6 heteroatoms. The average Bonchev–Trinajstić information content (AvgIpc) is 3.09. The summed E-state index contributed by atoms with van der Waals surface area (Å²) in [6.07, 6.45) is 5.52. The Hall–Kier alpha value is -5.88. The Kier molecular flexibility index (Phi) is 6.76. The van der Waals surface area contributed by atoms with Gasteiger partial charge >= 0.3 is 0 Å². The zero-order valence-corrected chi connectivity index (χ0v) is 22.5. The van der Waals surface area contributed by atoms with Crippen LogP contribution in [0, 0.1) is 0 Å². The van der Waals surface area contributed by atoms with Crippen molar-refractivity contribution in [1.29, 1.82) is 0 Å². The molecule has 198 valence electrons. The number of benzene rings is 3. The average molecular weight is 541 g/mol. The van der Waals surface area contributed by atoms with Crippen molar-refractivity contribution in [3.8, 4) is 67.9 Å². The zero-order valence-electron chi connectivity index (χ0n) is 22.5. The zero-order chi connectivity index (χ0) is 28.1. The fraction of sp³-hybridized carbons (Fsp3) is 0. The van der Waals surface area contributed by atoms with Crippen LogP contribution >= 0.6 is 0 Å². The van der Waals surface area contributed by atoms with Crippen molar-refractivity contribution in [1.82, 2.24) is 29.9 Å². The number of pyridine rings is 3. The van der Waals surface area contributed by atoms with E-state index in [-0.39, 0.29) is 0 Å². The molecule has 7 rings (SSSR count). The molecular formula is C36H24N6. The standard InChI is InChI=1S/C36H24N6/c1-4-10-25(11-5-1)28-16-19-31(37-22-28)34-40-35(32-20-17-29(23-38-32)26-12-6-2-7-13-26)42-36(41-34)33-21-18-30(24-39-33)27-14-8-3-9-15-27/h1-24H. The number of hydrogen-bond acceptors (Lipinski definition) is 6. The molecule has 6 nitrogen and oxygen atoms in total. The lowest BCUT2D eigenvalue weighted by atomic mass is 10.1. The predicted octanol–water partition coefficient (Wildman–Crippen LogP) is 8.06. The molecule has 0 bridgehead atoms. The minimum Gasteiger partial charge on any atom is -0.252 e. The van der Waals surface area contributed by atoms with Crippen LogP contribution in [-0.4, -0.2) is 29.9 Å². The van der Waals surface area contributed by atoms with E-state index in [1.54, 1.807) is 0 Å². The van der Waals surface area contributed by atoms with E-state index in [1.165, 1.54) is 0 Å². The molecule has 0 spiro atoms. The van der Waals surface area contributed by atoms with Crippen LogP contribution in [0.1, 0.15) is 0 Å². The van der Waals surface area contributed by atoms with Gasteiger partial charge in [-0.05, 0) is 34.9 Å². The van der Waals surface area contributed by atoms with Gasteiger partial charge in [0.05, 0.1) is 0 Å². The smallest absolute Gasteiger partial charge is 0.182 e. The van der Waals surface area contributed by atoms with Crippen molar-refractivity contribution < 1.29 is 0 Å². The van der Waals surface area contributed by atoms with Crippen LogP contribution < -0.4 is 0 Å². The first-order valence-electron chi connectivity index (χ1n) is 13.6. The topological polar surface area (TPSA) is 77.3 Å². The molecule has 0 N–H and O–H groups in total. The summed E-state index contributed by atoms with van der Waals surface area (Å²) in [6.45, 7) is 0. The monoisotopic (exact) mass is 540 g/mol. The third kappa shape index (κ3) is 5.29. The van der Waals surface area contributed by atoms with Crippen LogP contribution in [0.25, 0.3) is 67.9 Å². The molecule has 0 aliphatic rings. The lowest BCUT2D eigenvalue weighted by molar-refractivity contribution is 1.03. The largest absolute Gasteiger partial charge is 0.252 e. The van der Waals surface area contributed by atoms with E-state index in [0.717, 1.165) is 33.4 Å². The molecule has 0 saturated carbocycles. The SMILES string of the molecule is c1ccc(-c2ccc(-c3nc(-c4ccc(-c5ccccc5)cn4)nc(-c4ccc(-c5ccccc5)cn4)n3)nc2)cc1. The van der Waals surface area contributed by atoms with Gasteiger partial charge < -0.3 is 0 Å². The summed E-state index contributed by atoms with van der Waals surface area (Å²) in [7, 11) is 0. The van der Waals surface area contributed by atoms with Crippen molar-refractivity contribution >= 4 is 0 Å². The Bertz CT molecular complexity index is 1680. The van der Waals surface area contributed by atoms with E-state index < -0.39 is 0 Å². The maximum absolute atomic E-state index is 4.79. The molecule has 0 fully saturated rings. The molecule has 0 unspecified atom stereocenters. The summed E-state index contributed by atoms with van der Waals surface area (Å²) in [5, 5.41) is 0. The van der Waals surface area contributed by atoms with E-state index in [1.807, 2.05) is 110 Å². The molecule has 0 amide bonds. The molecule has 3 aromatic carbocycles. The van der Waals surface area contributed by atoms with Gasteiger partial charge in [-0.25, -0.2) is 15.0 Å². The van der Waals surface area contributed by atoms with Gasteiger partial charge in [0.15, 0.2) is 17.5 Å². The van der Waals surface area contributed by atoms with Gasteiger partial charge in [0.1, 0.15) is 17.1 Å². The summed E-state index contributed by atoms with van der Waals surface area (Å²) in [4.78, 5) is 28.5. The van der Waals surface area contributed by atoms with Gasteiger partial charge in [-0.2, -0.15) is 0 Å². The van der Waals surface area contributed by atoms with Gasteiger partial charge in [0.25, 0.3) is 0 Å². The van der Waals surface area contributed by atoms with Crippen LogP contribution in [0.4, 0.5) is 0 Å². The molecule has 0 aliphatic carbocycles.